The Hall–Kier alpha value is -1.14. The van der Waals surface area contributed by atoms with Gasteiger partial charge in [0.15, 0.2) is 0 Å². The maximum absolute atomic E-state index is 12.0. The molecule has 1 heterocycles. The summed E-state index contributed by atoms with van der Waals surface area (Å²) in [5, 5.41) is 4.62. The van der Waals surface area contributed by atoms with E-state index in [4.69, 9.17) is 22.7 Å². The molecule has 4 nitrogen and oxygen atoms in total. The lowest BCUT2D eigenvalue weighted by molar-refractivity contribution is 0.0941. The number of hydrogen-bond donors (Lipinski definition) is 2. The number of thiocarbonyl (C=S) groups is 1. The molecule has 1 rings (SSSR count). The standard InChI is InChI=1S/C11H16N2O2S2/c1-6(2)8(10(12)16)13-11(14)9-7(15-3)4-5-17-9/h4-6,8H,1-3H3,(H2,12,16)(H,13,14). The second-order valence-electron chi connectivity index (χ2n) is 3.92. The Morgan fingerprint density at radius 1 is 1.59 bits per heavy atom. The summed E-state index contributed by atoms with van der Waals surface area (Å²) in [4.78, 5) is 12.8. The van der Waals surface area contributed by atoms with Gasteiger partial charge in [0.05, 0.1) is 18.1 Å². The summed E-state index contributed by atoms with van der Waals surface area (Å²) in [6, 6.07) is 1.45. The van der Waals surface area contributed by atoms with Gasteiger partial charge in [0.2, 0.25) is 0 Å². The number of methoxy groups -OCH3 is 1. The molecule has 0 aliphatic carbocycles. The molecule has 3 N–H and O–H groups in total. The molecule has 94 valence electrons. The molecular weight excluding hydrogens is 256 g/mol. The first kappa shape index (κ1) is 13.9. The normalized spacial score (nSPS) is 12.2. The quantitative estimate of drug-likeness (QED) is 0.802. The number of hydrogen-bond acceptors (Lipinski definition) is 4. The highest BCUT2D eigenvalue weighted by atomic mass is 32.1. The Labute approximate surface area is 110 Å². The molecule has 0 fully saturated rings. The van der Waals surface area contributed by atoms with E-state index in [9.17, 15) is 4.79 Å². The molecule has 17 heavy (non-hydrogen) atoms. The number of carbonyl (C=O) groups is 1. The van der Waals surface area contributed by atoms with Crippen molar-refractivity contribution in [2.75, 3.05) is 7.11 Å². The van der Waals surface area contributed by atoms with Crippen molar-refractivity contribution in [1.82, 2.24) is 5.32 Å². The SMILES string of the molecule is COc1ccsc1C(=O)NC(C(N)=S)C(C)C. The van der Waals surface area contributed by atoms with Gasteiger partial charge in [0, 0.05) is 0 Å². The Balaban J connectivity index is 2.81. The smallest absolute Gasteiger partial charge is 0.265 e. The van der Waals surface area contributed by atoms with Crippen LogP contribution in [0.4, 0.5) is 0 Å². The zero-order chi connectivity index (χ0) is 13.0. The fraction of sp³-hybridized carbons (Fsp3) is 0.455. The summed E-state index contributed by atoms with van der Waals surface area (Å²) >= 11 is 6.26. The summed E-state index contributed by atoms with van der Waals surface area (Å²) in [5.41, 5.74) is 5.60. The van der Waals surface area contributed by atoms with Crippen LogP contribution >= 0.6 is 23.6 Å². The van der Waals surface area contributed by atoms with Gasteiger partial charge in [0.1, 0.15) is 10.6 Å². The van der Waals surface area contributed by atoms with E-state index in [1.807, 2.05) is 13.8 Å². The minimum Gasteiger partial charge on any atom is -0.495 e. The number of nitrogens with two attached hydrogens (primary N) is 1. The zero-order valence-corrected chi connectivity index (χ0v) is 11.7. The lowest BCUT2D eigenvalue weighted by Gasteiger charge is -2.20. The van der Waals surface area contributed by atoms with E-state index in [-0.39, 0.29) is 17.9 Å². The Kier molecular flexibility index (Phi) is 4.89. The van der Waals surface area contributed by atoms with Crippen molar-refractivity contribution < 1.29 is 9.53 Å². The van der Waals surface area contributed by atoms with Crippen LogP contribution in [0.25, 0.3) is 0 Å². The van der Waals surface area contributed by atoms with E-state index in [0.29, 0.717) is 15.6 Å². The third kappa shape index (κ3) is 3.41. The number of nitrogens with one attached hydrogen (secondary N) is 1. The number of rotatable bonds is 5. The summed E-state index contributed by atoms with van der Waals surface area (Å²) in [6.07, 6.45) is 0. The molecular formula is C11H16N2O2S2. The van der Waals surface area contributed by atoms with Crippen LogP contribution in [0.15, 0.2) is 11.4 Å². The highest BCUT2D eigenvalue weighted by molar-refractivity contribution is 7.80. The van der Waals surface area contributed by atoms with E-state index < -0.39 is 0 Å². The van der Waals surface area contributed by atoms with Crippen molar-refractivity contribution in [2.24, 2.45) is 11.7 Å². The second kappa shape index (κ2) is 5.97. The first-order valence-electron chi connectivity index (χ1n) is 5.19. The Bertz CT molecular complexity index is 415. The van der Waals surface area contributed by atoms with Gasteiger partial charge in [-0.15, -0.1) is 11.3 Å². The predicted molar refractivity (Wildman–Crippen MR) is 73.7 cm³/mol. The van der Waals surface area contributed by atoms with Crippen molar-refractivity contribution in [3.63, 3.8) is 0 Å². The number of thiophene rings is 1. The van der Waals surface area contributed by atoms with Crippen molar-refractivity contribution in [3.8, 4) is 5.75 Å². The van der Waals surface area contributed by atoms with Crippen molar-refractivity contribution >= 4 is 34.5 Å². The van der Waals surface area contributed by atoms with Crippen LogP contribution in [0.2, 0.25) is 0 Å². The van der Waals surface area contributed by atoms with Gasteiger partial charge in [-0.2, -0.15) is 0 Å². The third-order valence-corrected chi connectivity index (χ3v) is 3.46. The number of ether oxygens (including phenoxy) is 1. The average molecular weight is 272 g/mol. The third-order valence-electron chi connectivity index (χ3n) is 2.32. The predicted octanol–water partition coefficient (Wildman–Crippen LogP) is 1.80. The van der Waals surface area contributed by atoms with Crippen LogP contribution in [0, 0.1) is 5.92 Å². The average Bonchev–Trinajstić information content (AvgIpc) is 2.72. The molecule has 0 bridgehead atoms. The van der Waals surface area contributed by atoms with Crippen LogP contribution in [0.5, 0.6) is 5.75 Å². The van der Waals surface area contributed by atoms with E-state index in [1.165, 1.54) is 18.4 Å². The van der Waals surface area contributed by atoms with Crippen molar-refractivity contribution in [3.05, 3.63) is 16.3 Å². The van der Waals surface area contributed by atoms with E-state index in [1.54, 1.807) is 11.4 Å². The maximum Gasteiger partial charge on any atom is 0.265 e. The van der Waals surface area contributed by atoms with E-state index in [0.717, 1.165) is 0 Å². The van der Waals surface area contributed by atoms with Gasteiger partial charge in [-0.1, -0.05) is 26.1 Å². The van der Waals surface area contributed by atoms with Gasteiger partial charge in [-0.05, 0) is 17.4 Å². The van der Waals surface area contributed by atoms with Crippen LogP contribution < -0.4 is 15.8 Å². The molecule has 1 atom stereocenters. The van der Waals surface area contributed by atoms with Gasteiger partial charge in [0.25, 0.3) is 5.91 Å². The fourth-order valence-corrected chi connectivity index (χ4v) is 2.49. The fourth-order valence-electron chi connectivity index (χ4n) is 1.40. The first-order chi connectivity index (χ1) is 7.97. The molecule has 6 heteroatoms. The molecule has 0 saturated heterocycles. The van der Waals surface area contributed by atoms with Gasteiger partial charge >= 0.3 is 0 Å². The molecule has 1 unspecified atom stereocenters. The summed E-state index contributed by atoms with van der Waals surface area (Å²) in [6.45, 7) is 3.91. The minimum atomic E-state index is -0.302. The lowest BCUT2D eigenvalue weighted by Crippen LogP contribution is -2.46. The molecule has 0 saturated carbocycles. The van der Waals surface area contributed by atoms with E-state index in [2.05, 4.69) is 5.32 Å². The number of carbonyl (C=O) groups excluding carboxylic acids is 1. The molecule has 0 aromatic carbocycles. The highest BCUT2D eigenvalue weighted by Crippen LogP contribution is 2.24. The molecule has 1 aromatic rings. The van der Waals surface area contributed by atoms with Crippen molar-refractivity contribution in [1.29, 1.82) is 0 Å². The molecule has 0 aliphatic rings. The monoisotopic (exact) mass is 272 g/mol. The van der Waals surface area contributed by atoms with Crippen LogP contribution in [-0.4, -0.2) is 24.0 Å². The second-order valence-corrected chi connectivity index (χ2v) is 5.30. The van der Waals surface area contributed by atoms with Crippen molar-refractivity contribution in [2.45, 2.75) is 19.9 Å². The number of amides is 1. The molecule has 0 radical (unpaired) electrons. The summed E-state index contributed by atoms with van der Waals surface area (Å²) < 4.78 is 5.09. The van der Waals surface area contributed by atoms with Crippen LogP contribution in [0.1, 0.15) is 23.5 Å². The highest BCUT2D eigenvalue weighted by Gasteiger charge is 2.22. The molecule has 1 aromatic heterocycles. The Morgan fingerprint density at radius 2 is 2.24 bits per heavy atom. The van der Waals surface area contributed by atoms with E-state index >= 15 is 0 Å². The molecule has 0 aliphatic heterocycles. The molecule has 0 spiro atoms. The summed E-state index contributed by atoms with van der Waals surface area (Å²) in [7, 11) is 1.53. The largest absolute Gasteiger partial charge is 0.495 e. The first-order valence-corrected chi connectivity index (χ1v) is 6.47. The Morgan fingerprint density at radius 3 is 2.71 bits per heavy atom. The molecule has 1 amide bonds. The summed E-state index contributed by atoms with van der Waals surface area (Å²) in [5.74, 6) is 0.517. The lowest BCUT2D eigenvalue weighted by atomic mass is 10.0. The van der Waals surface area contributed by atoms with Crippen LogP contribution in [0.3, 0.4) is 0 Å². The zero-order valence-electron chi connectivity index (χ0n) is 10.0. The van der Waals surface area contributed by atoms with Gasteiger partial charge in [-0.25, -0.2) is 0 Å². The topological polar surface area (TPSA) is 64.3 Å². The minimum absolute atomic E-state index is 0.155. The van der Waals surface area contributed by atoms with Crippen LogP contribution in [-0.2, 0) is 0 Å². The van der Waals surface area contributed by atoms with Gasteiger partial charge < -0.3 is 15.8 Å². The van der Waals surface area contributed by atoms with Gasteiger partial charge in [-0.3, -0.25) is 4.79 Å². The maximum atomic E-state index is 12.0.